The van der Waals surface area contributed by atoms with Gasteiger partial charge in [-0.15, -0.1) is 0 Å². The van der Waals surface area contributed by atoms with E-state index < -0.39 is 6.10 Å². The molecule has 5 heteroatoms. The van der Waals surface area contributed by atoms with Gasteiger partial charge in [0.25, 0.3) is 0 Å². The van der Waals surface area contributed by atoms with Crippen molar-refractivity contribution in [2.75, 3.05) is 13.2 Å². The van der Waals surface area contributed by atoms with Gasteiger partial charge in [0, 0.05) is 25.0 Å². The SMILES string of the molecule is CC(NC(=O)NC1c2ccccc2CC1O)C1CCOC1. The van der Waals surface area contributed by atoms with Crippen LogP contribution in [0, 0.1) is 5.92 Å². The quantitative estimate of drug-likeness (QED) is 0.787. The maximum Gasteiger partial charge on any atom is 0.315 e. The summed E-state index contributed by atoms with van der Waals surface area (Å²) in [5, 5.41) is 16.0. The van der Waals surface area contributed by atoms with Gasteiger partial charge in [-0.25, -0.2) is 4.79 Å². The molecule has 2 aliphatic rings. The van der Waals surface area contributed by atoms with Crippen LogP contribution >= 0.6 is 0 Å². The molecule has 114 valence electrons. The second-order valence-corrected chi connectivity index (χ2v) is 5.98. The predicted molar refractivity (Wildman–Crippen MR) is 78.9 cm³/mol. The van der Waals surface area contributed by atoms with Crippen LogP contribution in [0.2, 0.25) is 0 Å². The van der Waals surface area contributed by atoms with Gasteiger partial charge in [-0.05, 0) is 24.5 Å². The largest absolute Gasteiger partial charge is 0.390 e. The zero-order valence-electron chi connectivity index (χ0n) is 12.2. The summed E-state index contributed by atoms with van der Waals surface area (Å²) in [6, 6.07) is 7.36. The molecular weight excluding hydrogens is 268 g/mol. The lowest BCUT2D eigenvalue weighted by atomic mass is 10.0. The number of nitrogens with one attached hydrogen (secondary N) is 2. The number of rotatable bonds is 3. The van der Waals surface area contributed by atoms with Crippen molar-refractivity contribution >= 4 is 6.03 Å². The summed E-state index contributed by atoms with van der Waals surface area (Å²) in [6.45, 7) is 3.47. The third-order valence-electron chi connectivity index (χ3n) is 4.52. The van der Waals surface area contributed by atoms with Crippen molar-refractivity contribution in [1.82, 2.24) is 10.6 Å². The summed E-state index contributed by atoms with van der Waals surface area (Å²) in [4.78, 5) is 12.1. The van der Waals surface area contributed by atoms with Gasteiger partial charge in [-0.2, -0.15) is 0 Å². The van der Waals surface area contributed by atoms with Crippen LogP contribution in [-0.4, -0.2) is 36.5 Å². The summed E-state index contributed by atoms with van der Waals surface area (Å²) >= 11 is 0. The number of urea groups is 1. The minimum atomic E-state index is -0.557. The van der Waals surface area contributed by atoms with E-state index in [9.17, 15) is 9.90 Å². The Hall–Kier alpha value is -1.59. The first-order chi connectivity index (χ1) is 10.1. The second-order valence-electron chi connectivity index (χ2n) is 5.98. The summed E-state index contributed by atoms with van der Waals surface area (Å²) in [7, 11) is 0. The molecule has 3 rings (SSSR count). The monoisotopic (exact) mass is 290 g/mol. The molecule has 21 heavy (non-hydrogen) atoms. The molecule has 3 N–H and O–H groups in total. The van der Waals surface area contributed by atoms with Crippen molar-refractivity contribution in [3.8, 4) is 0 Å². The molecule has 1 aliphatic carbocycles. The van der Waals surface area contributed by atoms with E-state index in [0.29, 0.717) is 18.9 Å². The summed E-state index contributed by atoms with van der Waals surface area (Å²) in [6.07, 6.45) is 1.02. The molecule has 1 aromatic rings. The second kappa shape index (κ2) is 6.03. The number of carbonyl (C=O) groups is 1. The Labute approximate surface area is 124 Å². The lowest BCUT2D eigenvalue weighted by Gasteiger charge is -2.23. The van der Waals surface area contributed by atoms with E-state index >= 15 is 0 Å². The van der Waals surface area contributed by atoms with Gasteiger partial charge < -0.3 is 20.5 Å². The number of hydrogen-bond acceptors (Lipinski definition) is 3. The van der Waals surface area contributed by atoms with Crippen LogP contribution in [-0.2, 0) is 11.2 Å². The van der Waals surface area contributed by atoms with E-state index in [4.69, 9.17) is 4.74 Å². The van der Waals surface area contributed by atoms with Crippen molar-refractivity contribution in [2.45, 2.75) is 38.0 Å². The maximum atomic E-state index is 12.1. The van der Waals surface area contributed by atoms with Crippen LogP contribution in [0.25, 0.3) is 0 Å². The fourth-order valence-corrected chi connectivity index (χ4v) is 3.20. The highest BCUT2D eigenvalue weighted by Gasteiger charge is 2.32. The highest BCUT2D eigenvalue weighted by atomic mass is 16.5. The summed E-state index contributed by atoms with van der Waals surface area (Å²) < 4.78 is 5.35. The molecule has 1 saturated heterocycles. The molecule has 0 radical (unpaired) electrons. The van der Waals surface area contributed by atoms with Gasteiger partial charge in [0.15, 0.2) is 0 Å². The lowest BCUT2D eigenvalue weighted by molar-refractivity contribution is 0.140. The van der Waals surface area contributed by atoms with E-state index in [1.807, 2.05) is 31.2 Å². The number of aliphatic hydroxyl groups is 1. The van der Waals surface area contributed by atoms with Crippen molar-refractivity contribution in [3.05, 3.63) is 35.4 Å². The molecule has 4 unspecified atom stereocenters. The van der Waals surface area contributed by atoms with Crippen LogP contribution in [0.5, 0.6) is 0 Å². The van der Waals surface area contributed by atoms with Gasteiger partial charge in [0.05, 0.1) is 18.8 Å². The van der Waals surface area contributed by atoms with E-state index in [-0.39, 0.29) is 18.1 Å². The molecule has 1 fully saturated rings. The first-order valence-electron chi connectivity index (χ1n) is 7.56. The third kappa shape index (κ3) is 3.04. The first kappa shape index (κ1) is 14.4. The smallest absolute Gasteiger partial charge is 0.315 e. The maximum absolute atomic E-state index is 12.1. The Morgan fingerprint density at radius 1 is 1.43 bits per heavy atom. The van der Waals surface area contributed by atoms with E-state index in [0.717, 1.165) is 24.2 Å². The number of fused-ring (bicyclic) bond motifs is 1. The zero-order chi connectivity index (χ0) is 14.8. The van der Waals surface area contributed by atoms with Crippen molar-refractivity contribution in [1.29, 1.82) is 0 Å². The molecule has 2 amide bonds. The molecule has 1 heterocycles. The fraction of sp³-hybridized carbons (Fsp3) is 0.562. The normalized spacial score (nSPS) is 29.0. The highest BCUT2D eigenvalue weighted by Crippen LogP contribution is 2.31. The Bertz CT molecular complexity index is 514. The summed E-state index contributed by atoms with van der Waals surface area (Å²) in [5.41, 5.74) is 2.12. The van der Waals surface area contributed by atoms with E-state index in [1.165, 1.54) is 0 Å². The van der Waals surface area contributed by atoms with Crippen LogP contribution in [0.1, 0.15) is 30.5 Å². The summed E-state index contributed by atoms with van der Waals surface area (Å²) in [5.74, 6) is 0.372. The van der Waals surface area contributed by atoms with Gasteiger partial charge in [-0.3, -0.25) is 0 Å². The van der Waals surface area contributed by atoms with Crippen molar-refractivity contribution in [3.63, 3.8) is 0 Å². The Morgan fingerprint density at radius 2 is 2.24 bits per heavy atom. The topological polar surface area (TPSA) is 70.6 Å². The molecule has 1 aromatic carbocycles. The first-order valence-corrected chi connectivity index (χ1v) is 7.56. The van der Waals surface area contributed by atoms with E-state index in [2.05, 4.69) is 10.6 Å². The molecule has 1 aliphatic heterocycles. The lowest BCUT2D eigenvalue weighted by Crippen LogP contribution is -2.46. The van der Waals surface area contributed by atoms with Gasteiger partial charge in [-0.1, -0.05) is 24.3 Å². The number of carbonyl (C=O) groups excluding carboxylic acids is 1. The van der Waals surface area contributed by atoms with Gasteiger partial charge in [0.2, 0.25) is 0 Å². The Balaban J connectivity index is 1.59. The molecular formula is C16H22N2O3. The Morgan fingerprint density at radius 3 is 3.00 bits per heavy atom. The van der Waals surface area contributed by atoms with Crippen LogP contribution in [0.4, 0.5) is 4.79 Å². The minimum Gasteiger partial charge on any atom is -0.390 e. The minimum absolute atomic E-state index is 0.0706. The molecule has 5 nitrogen and oxygen atoms in total. The standard InChI is InChI=1S/C16H22N2O3/c1-10(12-6-7-21-9-12)17-16(20)18-15-13-5-3-2-4-11(13)8-14(15)19/h2-5,10,12,14-15,19H,6-9H2,1H3,(H2,17,18,20). The molecule has 0 aromatic heterocycles. The van der Waals surface area contributed by atoms with E-state index in [1.54, 1.807) is 0 Å². The molecule has 0 bridgehead atoms. The molecule has 0 spiro atoms. The number of amides is 2. The van der Waals surface area contributed by atoms with Crippen molar-refractivity contribution in [2.24, 2.45) is 5.92 Å². The fourth-order valence-electron chi connectivity index (χ4n) is 3.20. The zero-order valence-corrected chi connectivity index (χ0v) is 12.2. The molecule has 0 saturated carbocycles. The predicted octanol–water partition coefficient (Wildman–Crippen LogP) is 1.37. The highest BCUT2D eigenvalue weighted by molar-refractivity contribution is 5.75. The van der Waals surface area contributed by atoms with Crippen molar-refractivity contribution < 1.29 is 14.6 Å². The third-order valence-corrected chi connectivity index (χ3v) is 4.52. The average Bonchev–Trinajstić information content (AvgIpc) is 3.08. The van der Waals surface area contributed by atoms with Gasteiger partial charge in [0.1, 0.15) is 0 Å². The number of ether oxygens (including phenoxy) is 1. The Kier molecular flexibility index (Phi) is 4.12. The molecule has 4 atom stereocenters. The number of hydrogen-bond donors (Lipinski definition) is 3. The number of aliphatic hydroxyl groups excluding tert-OH is 1. The van der Waals surface area contributed by atoms with Crippen LogP contribution in [0.3, 0.4) is 0 Å². The van der Waals surface area contributed by atoms with Crippen LogP contribution in [0.15, 0.2) is 24.3 Å². The van der Waals surface area contributed by atoms with Crippen LogP contribution < -0.4 is 10.6 Å². The number of benzene rings is 1. The average molecular weight is 290 g/mol. The van der Waals surface area contributed by atoms with Gasteiger partial charge >= 0.3 is 6.03 Å².